The molecule has 0 bridgehead atoms. The zero-order chi connectivity index (χ0) is 11.9. The van der Waals surface area contributed by atoms with Crippen molar-refractivity contribution in [3.8, 4) is 0 Å². The molecule has 0 atom stereocenters. The predicted octanol–water partition coefficient (Wildman–Crippen LogP) is -1.02. The Labute approximate surface area is 120 Å². The molecule has 0 aromatic heterocycles. The summed E-state index contributed by atoms with van der Waals surface area (Å²) in [5.41, 5.74) is 0.184. The van der Waals surface area contributed by atoms with Crippen LogP contribution in [0.5, 0.6) is 0 Å². The Morgan fingerprint density at radius 3 is 2.44 bits per heavy atom. The normalized spacial score (nSPS) is 11.8. The van der Waals surface area contributed by atoms with Crippen LogP contribution in [0.15, 0.2) is 11.6 Å². The molecule has 0 aliphatic heterocycles. The molecule has 5 nitrogen and oxygen atoms in total. The van der Waals surface area contributed by atoms with Crippen LogP contribution in [0.4, 0.5) is 0 Å². The summed E-state index contributed by atoms with van der Waals surface area (Å²) in [7, 11) is -4.69. The number of hydrogen-bond acceptors (Lipinski definition) is 4. The summed E-state index contributed by atoms with van der Waals surface area (Å²) in [6.45, 7) is 3.50. The molecule has 0 spiro atoms. The quantitative estimate of drug-likeness (QED) is 0.286. The molecule has 0 aliphatic carbocycles. The summed E-state index contributed by atoms with van der Waals surface area (Å²) in [5, 5.41) is 0. The Hall–Kier alpha value is 0.120. The SMILES string of the molecule is CCCCCC=C(C)C(=O)OS(=O)(=O)O.[H-].[Na+]. The van der Waals surface area contributed by atoms with Crippen LogP contribution in [0.1, 0.15) is 41.0 Å². The average molecular weight is 260 g/mol. The van der Waals surface area contributed by atoms with Crippen LogP contribution in [0.3, 0.4) is 0 Å². The van der Waals surface area contributed by atoms with E-state index in [1.807, 2.05) is 0 Å². The van der Waals surface area contributed by atoms with E-state index in [1.54, 1.807) is 6.08 Å². The van der Waals surface area contributed by atoms with Gasteiger partial charge in [0.05, 0.1) is 0 Å². The van der Waals surface area contributed by atoms with E-state index in [1.165, 1.54) is 6.92 Å². The van der Waals surface area contributed by atoms with Crippen LogP contribution in [0, 0.1) is 0 Å². The molecule has 0 rings (SSSR count). The minimum Gasteiger partial charge on any atom is -1.00 e. The van der Waals surface area contributed by atoms with E-state index in [0.29, 0.717) is 6.42 Å². The molecule has 0 aliphatic rings. The fraction of sp³-hybridized carbons (Fsp3) is 0.667. The van der Waals surface area contributed by atoms with Crippen molar-refractivity contribution in [2.75, 3.05) is 0 Å². The van der Waals surface area contributed by atoms with Gasteiger partial charge in [-0.15, -0.1) is 0 Å². The van der Waals surface area contributed by atoms with Crippen LogP contribution < -0.4 is 29.6 Å². The topological polar surface area (TPSA) is 80.7 Å². The minimum atomic E-state index is -4.69. The second kappa shape index (κ2) is 9.18. The molecular weight excluding hydrogens is 243 g/mol. The number of unbranched alkanes of at least 4 members (excludes halogenated alkanes) is 3. The standard InChI is InChI=1S/C9H16O5S.Na.H/c1-3-4-5-6-7-8(2)9(10)14-15(11,12)13;;/h7H,3-6H2,1-2H3,(H,11,12,13);;/q;+1;-1. The van der Waals surface area contributed by atoms with Gasteiger partial charge >= 0.3 is 45.9 Å². The molecule has 7 heteroatoms. The van der Waals surface area contributed by atoms with Crippen molar-refractivity contribution in [3.63, 3.8) is 0 Å². The monoisotopic (exact) mass is 260 g/mol. The van der Waals surface area contributed by atoms with E-state index in [2.05, 4.69) is 11.1 Å². The third-order valence-electron chi connectivity index (χ3n) is 1.76. The van der Waals surface area contributed by atoms with E-state index in [-0.39, 0.29) is 36.6 Å². The first-order valence-corrected chi connectivity index (χ1v) is 6.11. The summed E-state index contributed by atoms with van der Waals surface area (Å²) in [4.78, 5) is 11.0. The van der Waals surface area contributed by atoms with Gasteiger partial charge in [0.25, 0.3) is 0 Å². The maximum absolute atomic E-state index is 11.0. The fourth-order valence-electron chi connectivity index (χ4n) is 0.958. The molecule has 0 saturated heterocycles. The molecule has 0 amide bonds. The van der Waals surface area contributed by atoms with Gasteiger partial charge in [-0.05, 0) is 19.8 Å². The molecule has 0 saturated carbocycles. The number of carbonyl (C=O) groups excluding carboxylic acids is 1. The largest absolute Gasteiger partial charge is 1.00 e. The Balaban J connectivity index is -0.000000980. The van der Waals surface area contributed by atoms with Crippen LogP contribution in [0.2, 0.25) is 0 Å². The van der Waals surface area contributed by atoms with Crippen molar-refractivity contribution in [2.45, 2.75) is 39.5 Å². The summed E-state index contributed by atoms with van der Waals surface area (Å²) < 4.78 is 32.4. The van der Waals surface area contributed by atoms with Crippen molar-refractivity contribution in [1.82, 2.24) is 0 Å². The van der Waals surface area contributed by atoms with Gasteiger partial charge < -0.3 is 5.61 Å². The molecule has 0 unspecified atom stereocenters. The molecule has 0 heterocycles. The van der Waals surface area contributed by atoms with Gasteiger partial charge in [0, 0.05) is 5.57 Å². The molecule has 0 aromatic rings. The molecule has 0 fully saturated rings. The van der Waals surface area contributed by atoms with Crippen molar-refractivity contribution in [3.05, 3.63) is 11.6 Å². The molecular formula is C9H17NaO5S. The maximum atomic E-state index is 11.0. The molecule has 0 radical (unpaired) electrons. The number of carbonyl (C=O) groups is 1. The molecule has 1 N–H and O–H groups in total. The number of hydrogen-bond donors (Lipinski definition) is 1. The zero-order valence-electron chi connectivity index (χ0n) is 10.9. The average Bonchev–Trinajstić information content (AvgIpc) is 2.09. The Morgan fingerprint density at radius 1 is 1.44 bits per heavy atom. The summed E-state index contributed by atoms with van der Waals surface area (Å²) in [5.74, 6) is -1.03. The number of rotatable bonds is 6. The van der Waals surface area contributed by atoms with Gasteiger partial charge in [0.2, 0.25) is 0 Å². The molecule has 16 heavy (non-hydrogen) atoms. The van der Waals surface area contributed by atoms with Crippen LogP contribution in [-0.2, 0) is 19.4 Å². The second-order valence-corrected chi connectivity index (χ2v) is 4.20. The minimum absolute atomic E-state index is 0. The van der Waals surface area contributed by atoms with E-state index in [4.69, 9.17) is 4.55 Å². The predicted molar refractivity (Wildman–Crippen MR) is 56.7 cm³/mol. The van der Waals surface area contributed by atoms with E-state index < -0.39 is 16.4 Å². The van der Waals surface area contributed by atoms with Crippen LogP contribution in [-0.4, -0.2) is 18.9 Å². The van der Waals surface area contributed by atoms with Crippen LogP contribution >= 0.6 is 0 Å². The molecule has 0 aromatic carbocycles. The third kappa shape index (κ3) is 10.6. The van der Waals surface area contributed by atoms with E-state index in [0.717, 1.165) is 19.3 Å². The van der Waals surface area contributed by atoms with Gasteiger partial charge in [0.15, 0.2) is 0 Å². The van der Waals surface area contributed by atoms with Crippen molar-refractivity contribution in [1.29, 1.82) is 0 Å². The second-order valence-electron chi connectivity index (χ2n) is 3.18. The van der Waals surface area contributed by atoms with Gasteiger partial charge in [-0.25, -0.2) is 4.79 Å². The molecule has 90 valence electrons. The Bertz CT molecular complexity index is 339. The van der Waals surface area contributed by atoms with Crippen molar-refractivity contribution < 1.29 is 52.9 Å². The fourth-order valence-corrected chi connectivity index (χ4v) is 1.28. The Kier molecular flexibility index (Phi) is 10.6. The van der Waals surface area contributed by atoms with Gasteiger partial charge in [0.1, 0.15) is 0 Å². The smallest absolute Gasteiger partial charge is 1.00 e. The van der Waals surface area contributed by atoms with Crippen molar-refractivity contribution >= 4 is 16.4 Å². The van der Waals surface area contributed by atoms with Crippen molar-refractivity contribution in [2.24, 2.45) is 0 Å². The third-order valence-corrected chi connectivity index (χ3v) is 2.12. The first kappa shape index (κ1) is 18.5. The van der Waals surface area contributed by atoms with Gasteiger partial charge in [-0.2, -0.15) is 8.42 Å². The van der Waals surface area contributed by atoms with E-state index in [9.17, 15) is 13.2 Å². The van der Waals surface area contributed by atoms with Crippen LogP contribution in [0.25, 0.3) is 0 Å². The van der Waals surface area contributed by atoms with E-state index >= 15 is 0 Å². The first-order chi connectivity index (χ1) is 6.87. The zero-order valence-corrected chi connectivity index (χ0v) is 12.7. The number of allylic oxidation sites excluding steroid dienone is 1. The first-order valence-electron chi connectivity index (χ1n) is 4.74. The summed E-state index contributed by atoms with van der Waals surface area (Å²) in [6, 6.07) is 0. The van der Waals surface area contributed by atoms with Gasteiger partial charge in [-0.1, -0.05) is 25.8 Å². The Morgan fingerprint density at radius 2 is 2.00 bits per heavy atom. The maximum Gasteiger partial charge on any atom is 1.00 e. The summed E-state index contributed by atoms with van der Waals surface area (Å²) in [6.07, 6.45) is 5.36. The summed E-state index contributed by atoms with van der Waals surface area (Å²) >= 11 is 0. The van der Waals surface area contributed by atoms with Gasteiger partial charge in [-0.3, -0.25) is 4.55 Å².